The molecular formula is C10H15NSi. The number of rotatable bonds is 2. The van der Waals surface area contributed by atoms with Gasteiger partial charge in [0.05, 0.1) is 9.68 Å². The first-order valence-corrected chi connectivity index (χ1v) is 6.35. The molecule has 0 atom stereocenters. The molecule has 0 aliphatic carbocycles. The number of nitrogens with zero attached hydrogens (tertiary/aromatic N) is 1. The van der Waals surface area contributed by atoms with E-state index in [9.17, 15) is 0 Å². The molecule has 1 heterocycles. The van der Waals surface area contributed by atoms with Crippen LogP contribution >= 0.6 is 0 Å². The van der Waals surface area contributed by atoms with Crippen molar-refractivity contribution in [1.82, 2.24) is 4.57 Å². The van der Waals surface area contributed by atoms with Crippen LogP contribution in [0.25, 0.3) is 0 Å². The fourth-order valence-electron chi connectivity index (χ4n) is 1.78. The van der Waals surface area contributed by atoms with Crippen LogP contribution in [0.15, 0.2) is 30.3 Å². The molecule has 0 bridgehead atoms. The molecule has 1 nitrogen and oxygen atoms in total. The van der Waals surface area contributed by atoms with Crippen LogP contribution in [-0.2, 0) is 6.54 Å². The Morgan fingerprint density at radius 2 is 2.08 bits per heavy atom. The molecule has 12 heavy (non-hydrogen) atoms. The summed E-state index contributed by atoms with van der Waals surface area (Å²) in [6, 6.07) is 12.3. The second-order valence-corrected chi connectivity index (χ2v) is 5.52. The van der Waals surface area contributed by atoms with Gasteiger partial charge < -0.3 is 4.57 Å². The first-order valence-electron chi connectivity index (χ1n) is 4.71. The zero-order valence-corrected chi connectivity index (χ0v) is 8.78. The minimum Gasteiger partial charge on any atom is -0.325 e. The lowest BCUT2D eigenvalue weighted by molar-refractivity contribution is 0.471. The van der Waals surface area contributed by atoms with Gasteiger partial charge in [-0.05, 0) is 24.6 Å². The van der Waals surface area contributed by atoms with Gasteiger partial charge in [0, 0.05) is 6.54 Å². The van der Waals surface area contributed by atoms with E-state index in [4.69, 9.17) is 0 Å². The maximum absolute atomic E-state index is 2.66. The van der Waals surface area contributed by atoms with Crippen molar-refractivity contribution in [3.05, 3.63) is 35.9 Å². The van der Waals surface area contributed by atoms with E-state index in [2.05, 4.69) is 34.9 Å². The van der Waals surface area contributed by atoms with Gasteiger partial charge in [0.15, 0.2) is 0 Å². The standard InChI is InChI=1S/C10H15NSi/c1-2-5-10(6-3-1)9-11-7-4-8-12-11/h1-3,5-6H,4,7-9,12H2. The minimum atomic E-state index is 0.147. The Labute approximate surface area is 76.3 Å². The number of benzene rings is 1. The molecule has 0 saturated carbocycles. The lowest BCUT2D eigenvalue weighted by atomic mass is 10.2. The third-order valence-electron chi connectivity index (χ3n) is 2.45. The van der Waals surface area contributed by atoms with E-state index < -0.39 is 0 Å². The summed E-state index contributed by atoms with van der Waals surface area (Å²) < 4.78 is 2.66. The Morgan fingerprint density at radius 1 is 1.25 bits per heavy atom. The highest BCUT2D eigenvalue weighted by atomic mass is 28.2. The highest BCUT2D eigenvalue weighted by Gasteiger charge is 2.11. The molecule has 64 valence electrons. The molecule has 0 N–H and O–H groups in total. The molecule has 0 spiro atoms. The predicted molar refractivity (Wildman–Crippen MR) is 54.8 cm³/mol. The minimum absolute atomic E-state index is 0.147. The summed E-state index contributed by atoms with van der Waals surface area (Å²) in [7, 11) is 0.147. The Morgan fingerprint density at radius 3 is 2.75 bits per heavy atom. The molecule has 1 fully saturated rings. The first-order chi connectivity index (χ1) is 5.95. The van der Waals surface area contributed by atoms with E-state index in [1.807, 2.05) is 0 Å². The van der Waals surface area contributed by atoms with Crippen LogP contribution in [0.1, 0.15) is 12.0 Å². The monoisotopic (exact) mass is 177 g/mol. The second kappa shape index (κ2) is 3.87. The third kappa shape index (κ3) is 1.96. The van der Waals surface area contributed by atoms with E-state index >= 15 is 0 Å². The molecule has 2 rings (SSSR count). The number of hydrogen-bond donors (Lipinski definition) is 0. The van der Waals surface area contributed by atoms with Gasteiger partial charge in [-0.25, -0.2) is 0 Å². The molecule has 1 aromatic carbocycles. The van der Waals surface area contributed by atoms with Gasteiger partial charge in [-0.3, -0.25) is 0 Å². The highest BCUT2D eigenvalue weighted by Crippen LogP contribution is 2.10. The summed E-state index contributed by atoms with van der Waals surface area (Å²) in [5.41, 5.74) is 1.48. The Balaban J connectivity index is 1.94. The maximum Gasteiger partial charge on any atom is 0.0955 e. The molecular weight excluding hydrogens is 162 g/mol. The molecule has 1 aliphatic rings. The van der Waals surface area contributed by atoms with Gasteiger partial charge in [0.2, 0.25) is 0 Å². The molecule has 0 aromatic heterocycles. The zero-order valence-electron chi connectivity index (χ0n) is 7.37. The summed E-state index contributed by atoms with van der Waals surface area (Å²) in [4.78, 5) is 0. The van der Waals surface area contributed by atoms with Gasteiger partial charge in [-0.15, -0.1) is 0 Å². The van der Waals surface area contributed by atoms with Crippen LogP contribution in [-0.4, -0.2) is 20.8 Å². The van der Waals surface area contributed by atoms with E-state index in [0.29, 0.717) is 0 Å². The van der Waals surface area contributed by atoms with E-state index in [1.54, 1.807) is 0 Å². The summed E-state index contributed by atoms with van der Waals surface area (Å²) in [5.74, 6) is 0. The van der Waals surface area contributed by atoms with Crippen LogP contribution in [0.5, 0.6) is 0 Å². The smallest absolute Gasteiger partial charge is 0.0955 e. The van der Waals surface area contributed by atoms with Crippen LogP contribution < -0.4 is 0 Å². The summed E-state index contributed by atoms with van der Waals surface area (Å²) in [6.45, 7) is 2.55. The normalized spacial score (nSPS) is 20.3. The van der Waals surface area contributed by atoms with Crippen molar-refractivity contribution in [1.29, 1.82) is 0 Å². The van der Waals surface area contributed by atoms with Crippen molar-refractivity contribution in [3.8, 4) is 0 Å². The van der Waals surface area contributed by atoms with Crippen LogP contribution in [0.2, 0.25) is 6.04 Å². The van der Waals surface area contributed by atoms with Crippen molar-refractivity contribution in [2.75, 3.05) is 6.54 Å². The Kier molecular flexibility index (Phi) is 2.59. The summed E-state index contributed by atoms with van der Waals surface area (Å²) in [5, 5.41) is 0. The lowest BCUT2D eigenvalue weighted by Gasteiger charge is -2.13. The Hall–Kier alpha value is -0.603. The average Bonchev–Trinajstić information content (AvgIpc) is 2.59. The van der Waals surface area contributed by atoms with E-state index in [1.165, 1.54) is 31.1 Å². The van der Waals surface area contributed by atoms with Gasteiger partial charge in [-0.1, -0.05) is 30.3 Å². The lowest BCUT2D eigenvalue weighted by Crippen LogP contribution is -2.20. The number of hydrogen-bond acceptors (Lipinski definition) is 1. The molecule has 0 amide bonds. The second-order valence-electron chi connectivity index (χ2n) is 3.47. The largest absolute Gasteiger partial charge is 0.325 e. The molecule has 1 saturated heterocycles. The van der Waals surface area contributed by atoms with Crippen LogP contribution in [0.4, 0.5) is 0 Å². The molecule has 1 aromatic rings. The summed E-state index contributed by atoms with van der Waals surface area (Å²) in [6.07, 6.45) is 1.44. The quantitative estimate of drug-likeness (QED) is 0.617. The van der Waals surface area contributed by atoms with Gasteiger partial charge in [0.1, 0.15) is 0 Å². The molecule has 1 aliphatic heterocycles. The fraction of sp³-hybridized carbons (Fsp3) is 0.400. The van der Waals surface area contributed by atoms with Crippen molar-refractivity contribution in [2.45, 2.75) is 19.0 Å². The third-order valence-corrected chi connectivity index (χ3v) is 4.44. The van der Waals surface area contributed by atoms with Gasteiger partial charge in [-0.2, -0.15) is 0 Å². The van der Waals surface area contributed by atoms with E-state index in [0.717, 1.165) is 0 Å². The highest BCUT2D eigenvalue weighted by molar-refractivity contribution is 6.32. The fourth-order valence-corrected chi connectivity index (χ4v) is 3.54. The van der Waals surface area contributed by atoms with Gasteiger partial charge in [0.25, 0.3) is 0 Å². The first kappa shape index (κ1) is 8.02. The van der Waals surface area contributed by atoms with E-state index in [-0.39, 0.29) is 9.68 Å². The van der Waals surface area contributed by atoms with Gasteiger partial charge >= 0.3 is 0 Å². The average molecular weight is 177 g/mol. The maximum atomic E-state index is 2.66. The molecule has 0 unspecified atom stereocenters. The molecule has 0 radical (unpaired) electrons. The van der Waals surface area contributed by atoms with Crippen molar-refractivity contribution in [2.24, 2.45) is 0 Å². The topological polar surface area (TPSA) is 3.24 Å². The zero-order chi connectivity index (χ0) is 8.23. The molecule has 2 heteroatoms. The van der Waals surface area contributed by atoms with Crippen molar-refractivity contribution in [3.63, 3.8) is 0 Å². The van der Waals surface area contributed by atoms with Crippen LogP contribution in [0.3, 0.4) is 0 Å². The van der Waals surface area contributed by atoms with Crippen LogP contribution in [0, 0.1) is 0 Å². The SMILES string of the molecule is c1ccc(CN2CCC[SiH2]2)cc1. The van der Waals surface area contributed by atoms with Crippen molar-refractivity contribution < 1.29 is 0 Å². The summed E-state index contributed by atoms with van der Waals surface area (Å²) >= 11 is 0. The predicted octanol–water partition coefficient (Wildman–Crippen LogP) is 1.39. The Bertz CT molecular complexity index is 229. The van der Waals surface area contributed by atoms with Crippen molar-refractivity contribution >= 4 is 9.68 Å².